The molecule has 0 aliphatic carbocycles. The smallest absolute Gasteiger partial charge is 0.233 e. The third-order valence-electron chi connectivity index (χ3n) is 2.25. The summed E-state index contributed by atoms with van der Waals surface area (Å²) in [6.45, 7) is 7.17. The molecule has 0 amide bonds. The van der Waals surface area contributed by atoms with E-state index in [4.69, 9.17) is 4.74 Å². The molecule has 1 aromatic rings. The van der Waals surface area contributed by atoms with Crippen LogP contribution >= 0.6 is 15.9 Å². The summed E-state index contributed by atoms with van der Waals surface area (Å²) in [5, 5.41) is 3.14. The van der Waals surface area contributed by atoms with E-state index in [0.717, 1.165) is 30.3 Å². The molecule has 0 spiro atoms. The van der Waals surface area contributed by atoms with Crippen molar-refractivity contribution in [2.75, 3.05) is 11.9 Å². The Morgan fingerprint density at radius 3 is 2.82 bits per heavy atom. The van der Waals surface area contributed by atoms with Gasteiger partial charge in [0.05, 0.1) is 16.8 Å². The Hall–Kier alpha value is -0.840. The van der Waals surface area contributed by atoms with Crippen molar-refractivity contribution >= 4 is 21.9 Å². The summed E-state index contributed by atoms with van der Waals surface area (Å²) in [6.07, 6.45) is 5.06. The first kappa shape index (κ1) is 14.2. The topological polar surface area (TPSA) is 47.0 Å². The fourth-order valence-electron chi connectivity index (χ4n) is 1.41. The van der Waals surface area contributed by atoms with Crippen molar-refractivity contribution in [2.45, 2.75) is 46.1 Å². The molecule has 1 N–H and O–H groups in total. The third-order valence-corrected chi connectivity index (χ3v) is 2.80. The molecular weight excluding hydrogens is 282 g/mol. The zero-order valence-corrected chi connectivity index (χ0v) is 12.2. The van der Waals surface area contributed by atoms with Crippen LogP contribution in [0.1, 0.15) is 40.0 Å². The van der Waals surface area contributed by atoms with E-state index in [1.165, 1.54) is 0 Å². The van der Waals surface area contributed by atoms with Gasteiger partial charge >= 0.3 is 0 Å². The minimum atomic E-state index is 0.172. The van der Waals surface area contributed by atoms with Gasteiger partial charge < -0.3 is 10.1 Å². The molecule has 0 saturated carbocycles. The number of anilines is 1. The number of aromatic nitrogens is 2. The molecule has 1 unspecified atom stereocenters. The van der Waals surface area contributed by atoms with Crippen LogP contribution in [0.4, 0.5) is 5.95 Å². The molecule has 0 saturated heterocycles. The van der Waals surface area contributed by atoms with Crippen LogP contribution < -0.4 is 10.1 Å². The summed E-state index contributed by atoms with van der Waals surface area (Å²) in [5.41, 5.74) is 0. The molecule has 4 nitrogen and oxygen atoms in total. The van der Waals surface area contributed by atoms with E-state index in [1.54, 1.807) is 6.20 Å². The van der Waals surface area contributed by atoms with Gasteiger partial charge in [-0.3, -0.25) is 0 Å². The van der Waals surface area contributed by atoms with Gasteiger partial charge in [0.1, 0.15) is 0 Å². The van der Waals surface area contributed by atoms with Crippen molar-refractivity contribution in [1.29, 1.82) is 0 Å². The average molecular weight is 302 g/mol. The van der Waals surface area contributed by atoms with E-state index < -0.39 is 0 Å². The Morgan fingerprint density at radius 1 is 1.41 bits per heavy atom. The van der Waals surface area contributed by atoms with Crippen molar-refractivity contribution in [3.05, 3.63) is 10.7 Å². The van der Waals surface area contributed by atoms with Gasteiger partial charge in [0.2, 0.25) is 11.8 Å². The summed E-state index contributed by atoms with van der Waals surface area (Å²) >= 11 is 3.40. The normalized spacial score (nSPS) is 12.2. The monoisotopic (exact) mass is 301 g/mol. The maximum absolute atomic E-state index is 5.77. The SMILES string of the molecule is CCCNc1ncc(Br)c(OC(C)CCC)n1. The van der Waals surface area contributed by atoms with E-state index in [0.29, 0.717) is 11.8 Å². The lowest BCUT2D eigenvalue weighted by molar-refractivity contribution is 0.200. The largest absolute Gasteiger partial charge is 0.474 e. The summed E-state index contributed by atoms with van der Waals surface area (Å²) in [7, 11) is 0. The lowest BCUT2D eigenvalue weighted by Gasteiger charge is -2.14. The zero-order valence-electron chi connectivity index (χ0n) is 10.7. The van der Waals surface area contributed by atoms with Crippen LogP contribution in [0.3, 0.4) is 0 Å². The highest BCUT2D eigenvalue weighted by Gasteiger charge is 2.09. The van der Waals surface area contributed by atoms with E-state index >= 15 is 0 Å². The van der Waals surface area contributed by atoms with Crippen molar-refractivity contribution in [1.82, 2.24) is 9.97 Å². The molecule has 0 aromatic carbocycles. The average Bonchev–Trinajstić information content (AvgIpc) is 2.30. The van der Waals surface area contributed by atoms with Gasteiger partial charge in [-0.25, -0.2) is 4.98 Å². The van der Waals surface area contributed by atoms with Crippen molar-refractivity contribution < 1.29 is 4.74 Å². The predicted octanol–water partition coefficient (Wildman–Crippen LogP) is 3.63. The van der Waals surface area contributed by atoms with Crippen LogP contribution in [0, 0.1) is 0 Å². The molecular formula is C12H20BrN3O. The maximum atomic E-state index is 5.77. The summed E-state index contributed by atoms with van der Waals surface area (Å²) in [4.78, 5) is 8.52. The Kier molecular flexibility index (Phi) is 6.26. The highest BCUT2D eigenvalue weighted by atomic mass is 79.9. The molecule has 0 fully saturated rings. The van der Waals surface area contributed by atoms with Gasteiger partial charge in [-0.15, -0.1) is 0 Å². The van der Waals surface area contributed by atoms with Gasteiger partial charge in [-0.1, -0.05) is 20.3 Å². The zero-order chi connectivity index (χ0) is 12.7. The fourth-order valence-corrected chi connectivity index (χ4v) is 1.70. The fraction of sp³-hybridized carbons (Fsp3) is 0.667. The highest BCUT2D eigenvalue weighted by Crippen LogP contribution is 2.24. The first-order valence-electron chi connectivity index (χ1n) is 6.10. The van der Waals surface area contributed by atoms with Gasteiger partial charge in [0.15, 0.2) is 0 Å². The first-order valence-corrected chi connectivity index (χ1v) is 6.89. The second kappa shape index (κ2) is 7.48. The van der Waals surface area contributed by atoms with Crippen LogP contribution in [0.15, 0.2) is 10.7 Å². The Morgan fingerprint density at radius 2 is 2.18 bits per heavy atom. The number of hydrogen-bond acceptors (Lipinski definition) is 4. The molecule has 17 heavy (non-hydrogen) atoms. The molecule has 1 heterocycles. The van der Waals surface area contributed by atoms with Crippen molar-refractivity contribution in [3.63, 3.8) is 0 Å². The number of rotatable bonds is 7. The quantitative estimate of drug-likeness (QED) is 0.835. The molecule has 0 radical (unpaired) electrons. The van der Waals surface area contributed by atoms with E-state index in [1.807, 2.05) is 0 Å². The standard InChI is InChI=1S/C12H20BrN3O/c1-4-6-9(3)17-11-10(13)8-15-12(16-11)14-7-5-2/h8-9H,4-7H2,1-3H3,(H,14,15,16). The molecule has 1 rings (SSSR count). The first-order chi connectivity index (χ1) is 8.17. The third kappa shape index (κ3) is 4.89. The van der Waals surface area contributed by atoms with Gasteiger partial charge in [0, 0.05) is 6.54 Å². The Bertz CT molecular complexity index is 347. The molecule has 0 bridgehead atoms. The van der Waals surface area contributed by atoms with Crippen LogP contribution in [0.5, 0.6) is 5.88 Å². The summed E-state index contributed by atoms with van der Waals surface area (Å²) < 4.78 is 6.56. The number of hydrogen-bond donors (Lipinski definition) is 1. The number of nitrogens with one attached hydrogen (secondary N) is 1. The van der Waals surface area contributed by atoms with E-state index in [9.17, 15) is 0 Å². The maximum Gasteiger partial charge on any atom is 0.233 e. The minimum absolute atomic E-state index is 0.172. The minimum Gasteiger partial charge on any atom is -0.474 e. The summed E-state index contributed by atoms with van der Waals surface area (Å²) in [5.74, 6) is 1.23. The van der Waals surface area contributed by atoms with Gasteiger partial charge in [0.25, 0.3) is 0 Å². The Labute approximate surface area is 111 Å². The molecule has 5 heteroatoms. The lowest BCUT2D eigenvalue weighted by atomic mass is 10.2. The molecule has 0 aliphatic heterocycles. The number of halogens is 1. The van der Waals surface area contributed by atoms with Gasteiger partial charge in [-0.2, -0.15) is 4.98 Å². The van der Waals surface area contributed by atoms with Crippen LogP contribution in [0.25, 0.3) is 0 Å². The van der Waals surface area contributed by atoms with Crippen LogP contribution in [-0.4, -0.2) is 22.6 Å². The molecule has 1 aromatic heterocycles. The van der Waals surface area contributed by atoms with Crippen molar-refractivity contribution in [3.8, 4) is 5.88 Å². The van der Waals surface area contributed by atoms with Crippen molar-refractivity contribution in [2.24, 2.45) is 0 Å². The molecule has 96 valence electrons. The number of nitrogens with zero attached hydrogens (tertiary/aromatic N) is 2. The second-order valence-electron chi connectivity index (χ2n) is 3.99. The lowest BCUT2D eigenvalue weighted by Crippen LogP contribution is -2.13. The van der Waals surface area contributed by atoms with Gasteiger partial charge in [-0.05, 0) is 35.7 Å². The predicted molar refractivity (Wildman–Crippen MR) is 73.5 cm³/mol. The molecule has 0 aliphatic rings. The second-order valence-corrected chi connectivity index (χ2v) is 4.84. The summed E-state index contributed by atoms with van der Waals surface area (Å²) in [6, 6.07) is 0. The van der Waals surface area contributed by atoms with Crippen LogP contribution in [-0.2, 0) is 0 Å². The number of ether oxygens (including phenoxy) is 1. The molecule has 1 atom stereocenters. The highest BCUT2D eigenvalue weighted by molar-refractivity contribution is 9.10. The van der Waals surface area contributed by atoms with E-state index in [2.05, 4.69) is 52.0 Å². The van der Waals surface area contributed by atoms with E-state index in [-0.39, 0.29) is 6.10 Å². The Balaban J connectivity index is 2.68. The van der Waals surface area contributed by atoms with Crippen LogP contribution in [0.2, 0.25) is 0 Å².